The number of hydrogen-bond acceptors (Lipinski definition) is 7. The smallest absolute Gasteiger partial charge is 0.416 e. The first-order chi connectivity index (χ1) is 19.2. The van der Waals surface area contributed by atoms with Gasteiger partial charge in [0.1, 0.15) is 11.2 Å². The molecule has 220 valence electrons. The van der Waals surface area contributed by atoms with Crippen molar-refractivity contribution in [2.45, 2.75) is 23.9 Å². The first-order valence-corrected chi connectivity index (χ1v) is 11.6. The molecule has 0 saturated heterocycles. The Kier molecular flexibility index (Phi) is 9.16. The summed E-state index contributed by atoms with van der Waals surface area (Å²) < 4.78 is 105. The van der Waals surface area contributed by atoms with Gasteiger partial charge in [0.05, 0.1) is 30.9 Å². The first kappa shape index (κ1) is 31.6. The molecule has 0 bridgehead atoms. The normalized spacial score (nSPS) is 16.9. The Morgan fingerprint density at radius 3 is 1.34 bits per heavy atom. The zero-order chi connectivity index (χ0) is 30.6. The van der Waals surface area contributed by atoms with E-state index in [1.807, 2.05) is 0 Å². The van der Waals surface area contributed by atoms with E-state index in [-0.39, 0.29) is 11.1 Å². The maximum Gasteiger partial charge on any atom is 0.416 e. The summed E-state index contributed by atoms with van der Waals surface area (Å²) in [5.41, 5.74) is -4.39. The Bertz CT molecular complexity index is 1280. The molecule has 41 heavy (non-hydrogen) atoms. The number of benzene rings is 2. The Labute approximate surface area is 230 Å². The standard InChI is InChI=1S/C28H24F6O7/c1-37-23(35)21-22(24(36)38-2)28(39-3,40-4)41-25(21,15-13-17-5-9-19(10-6-17)26(29,30)31)16-14-18-7-11-20(12-8-18)27(32,33)34/h5-16H,1-4H3/b15-13+,16-14+. The van der Waals surface area contributed by atoms with Crippen molar-refractivity contribution in [1.29, 1.82) is 0 Å². The molecule has 7 nitrogen and oxygen atoms in total. The van der Waals surface area contributed by atoms with Gasteiger partial charge in [-0.2, -0.15) is 26.3 Å². The number of methoxy groups -OCH3 is 4. The second-order valence-electron chi connectivity index (χ2n) is 8.50. The predicted molar refractivity (Wildman–Crippen MR) is 133 cm³/mol. The van der Waals surface area contributed by atoms with E-state index in [0.29, 0.717) is 0 Å². The average Bonchev–Trinajstić information content (AvgIpc) is 3.25. The summed E-state index contributed by atoms with van der Waals surface area (Å²) in [6, 6.07) is 7.98. The second kappa shape index (κ2) is 11.9. The SMILES string of the molecule is COC(=O)C1=C(C(=O)OC)C(OC)(OC)OC1(/C=C/c1ccc(C(F)(F)F)cc1)/C=C/c1ccc(C(F)(F)F)cc1. The van der Waals surface area contributed by atoms with Crippen LogP contribution in [0.1, 0.15) is 22.3 Å². The number of carbonyl (C=O) groups excluding carboxylic acids is 2. The van der Waals surface area contributed by atoms with E-state index in [0.717, 1.165) is 77.0 Å². The van der Waals surface area contributed by atoms with Crippen LogP contribution in [0.25, 0.3) is 12.2 Å². The number of rotatable bonds is 8. The fourth-order valence-corrected chi connectivity index (χ4v) is 4.03. The third kappa shape index (κ3) is 6.53. The van der Waals surface area contributed by atoms with Gasteiger partial charge < -0.3 is 23.7 Å². The maximum absolute atomic E-state index is 13.1. The van der Waals surface area contributed by atoms with Gasteiger partial charge in [0.15, 0.2) is 0 Å². The summed E-state index contributed by atoms with van der Waals surface area (Å²) in [6.45, 7) is 0. The summed E-state index contributed by atoms with van der Waals surface area (Å²) in [4.78, 5) is 26.0. The highest BCUT2D eigenvalue weighted by Crippen LogP contribution is 2.47. The van der Waals surface area contributed by atoms with Crippen LogP contribution in [-0.4, -0.2) is 52.0 Å². The largest absolute Gasteiger partial charge is 0.466 e. The van der Waals surface area contributed by atoms with E-state index in [1.165, 1.54) is 24.3 Å². The van der Waals surface area contributed by atoms with E-state index in [1.54, 1.807) is 0 Å². The molecule has 0 N–H and O–H groups in total. The Morgan fingerprint density at radius 2 is 1.02 bits per heavy atom. The molecule has 2 aromatic rings. The van der Waals surface area contributed by atoms with Gasteiger partial charge >= 0.3 is 30.3 Å². The molecule has 0 spiro atoms. The number of halogens is 6. The van der Waals surface area contributed by atoms with Crippen LogP contribution >= 0.6 is 0 Å². The Morgan fingerprint density at radius 1 is 0.659 bits per heavy atom. The van der Waals surface area contributed by atoms with Gasteiger partial charge in [0.2, 0.25) is 0 Å². The molecule has 0 aliphatic carbocycles. The summed E-state index contributed by atoms with van der Waals surface area (Å²) in [5.74, 6) is -4.51. The van der Waals surface area contributed by atoms with Gasteiger partial charge in [-0.3, -0.25) is 0 Å². The van der Waals surface area contributed by atoms with E-state index in [4.69, 9.17) is 23.7 Å². The van der Waals surface area contributed by atoms with Crippen molar-refractivity contribution in [3.63, 3.8) is 0 Å². The summed E-state index contributed by atoms with van der Waals surface area (Å²) in [6.07, 6.45) is -4.09. The molecule has 3 rings (SSSR count). The molecule has 0 aromatic heterocycles. The fraction of sp³-hybridized carbons (Fsp3) is 0.286. The monoisotopic (exact) mass is 586 g/mol. The lowest BCUT2D eigenvalue weighted by molar-refractivity contribution is -0.341. The topological polar surface area (TPSA) is 80.3 Å². The summed E-state index contributed by atoms with van der Waals surface area (Å²) in [7, 11) is 4.26. The number of esters is 2. The summed E-state index contributed by atoms with van der Waals surface area (Å²) in [5, 5.41) is 0. The minimum absolute atomic E-state index is 0.236. The van der Waals surface area contributed by atoms with Crippen LogP contribution in [0.5, 0.6) is 0 Å². The van der Waals surface area contributed by atoms with Gasteiger partial charge in [-0.25, -0.2) is 9.59 Å². The van der Waals surface area contributed by atoms with Gasteiger partial charge in [-0.15, -0.1) is 0 Å². The van der Waals surface area contributed by atoms with Crippen molar-refractivity contribution < 1.29 is 59.6 Å². The molecule has 13 heteroatoms. The van der Waals surface area contributed by atoms with Crippen LogP contribution in [0.2, 0.25) is 0 Å². The molecule has 0 atom stereocenters. The molecule has 0 saturated carbocycles. The highest BCUT2D eigenvalue weighted by atomic mass is 19.4. The van der Waals surface area contributed by atoms with Crippen LogP contribution in [0.4, 0.5) is 26.3 Å². The molecule has 0 radical (unpaired) electrons. The maximum atomic E-state index is 13.1. The molecule has 0 unspecified atom stereocenters. The number of alkyl halides is 6. The highest BCUT2D eigenvalue weighted by Gasteiger charge is 2.60. The van der Waals surface area contributed by atoms with E-state index in [2.05, 4.69) is 0 Å². The van der Waals surface area contributed by atoms with Crippen molar-refractivity contribution in [2.24, 2.45) is 0 Å². The quantitative estimate of drug-likeness (QED) is 0.220. The van der Waals surface area contributed by atoms with Crippen molar-refractivity contribution >= 4 is 24.1 Å². The van der Waals surface area contributed by atoms with Crippen molar-refractivity contribution in [2.75, 3.05) is 28.4 Å². The molecule has 1 aliphatic rings. The van der Waals surface area contributed by atoms with Crippen LogP contribution < -0.4 is 0 Å². The number of ether oxygens (including phenoxy) is 5. The van der Waals surface area contributed by atoms with E-state index in [9.17, 15) is 35.9 Å². The molecular formula is C28H24F6O7. The van der Waals surface area contributed by atoms with Crippen LogP contribution in [0.15, 0.2) is 71.8 Å². The zero-order valence-electron chi connectivity index (χ0n) is 22.1. The van der Waals surface area contributed by atoms with Crippen LogP contribution in [-0.2, 0) is 45.6 Å². The fourth-order valence-electron chi connectivity index (χ4n) is 4.03. The summed E-state index contributed by atoms with van der Waals surface area (Å²) >= 11 is 0. The lowest BCUT2D eigenvalue weighted by Crippen LogP contribution is -2.42. The van der Waals surface area contributed by atoms with Gasteiger partial charge in [0, 0.05) is 14.2 Å². The van der Waals surface area contributed by atoms with Crippen molar-refractivity contribution in [3.8, 4) is 0 Å². The van der Waals surface area contributed by atoms with Gasteiger partial charge in [-0.1, -0.05) is 36.4 Å². The molecule has 2 aromatic carbocycles. The van der Waals surface area contributed by atoms with Crippen LogP contribution in [0.3, 0.4) is 0 Å². The molecule has 0 fully saturated rings. The predicted octanol–water partition coefficient (Wildman–Crippen LogP) is 5.81. The highest BCUT2D eigenvalue weighted by molar-refractivity contribution is 6.05. The Balaban J connectivity index is 2.25. The van der Waals surface area contributed by atoms with Crippen molar-refractivity contribution in [3.05, 3.63) is 94.1 Å². The minimum Gasteiger partial charge on any atom is -0.466 e. The first-order valence-electron chi connectivity index (χ1n) is 11.6. The van der Waals surface area contributed by atoms with Gasteiger partial charge in [0.25, 0.3) is 0 Å². The second-order valence-corrected chi connectivity index (χ2v) is 8.50. The molecule has 0 amide bonds. The third-order valence-corrected chi connectivity index (χ3v) is 6.09. The lowest BCUT2D eigenvalue weighted by Gasteiger charge is -2.31. The average molecular weight is 586 g/mol. The third-order valence-electron chi connectivity index (χ3n) is 6.09. The van der Waals surface area contributed by atoms with E-state index >= 15 is 0 Å². The van der Waals surface area contributed by atoms with E-state index < -0.39 is 58.1 Å². The van der Waals surface area contributed by atoms with Crippen LogP contribution in [0, 0.1) is 0 Å². The molecular weight excluding hydrogens is 562 g/mol. The number of hydrogen-bond donors (Lipinski definition) is 0. The van der Waals surface area contributed by atoms with Crippen molar-refractivity contribution in [1.82, 2.24) is 0 Å². The van der Waals surface area contributed by atoms with Gasteiger partial charge in [-0.05, 0) is 47.5 Å². The lowest BCUT2D eigenvalue weighted by atomic mass is 9.89. The Hall–Kier alpha value is -3.94. The minimum atomic E-state index is -4.57. The number of carbonyl (C=O) groups is 2. The zero-order valence-corrected chi connectivity index (χ0v) is 22.1. The molecule has 1 heterocycles. The molecule has 1 aliphatic heterocycles.